The summed E-state index contributed by atoms with van der Waals surface area (Å²) in [5.41, 5.74) is -0.383. The van der Waals surface area contributed by atoms with Crippen LogP contribution in [0.15, 0.2) is 21.4 Å². The molecule has 18 heavy (non-hydrogen) atoms. The zero-order valence-electron chi connectivity index (χ0n) is 9.01. The van der Waals surface area contributed by atoms with Crippen molar-refractivity contribution in [3.8, 4) is 0 Å². The summed E-state index contributed by atoms with van der Waals surface area (Å²) >= 11 is 3.07. The largest absolute Gasteiger partial charge is 0.416 e. The zero-order valence-corrected chi connectivity index (χ0v) is 10.6. The molecule has 0 radical (unpaired) electrons. The number of nitrogens with one attached hydrogen (secondary N) is 1. The number of halogens is 4. The minimum Gasteiger partial charge on any atom is -0.305 e. The average molecular weight is 321 g/mol. The van der Waals surface area contributed by atoms with Crippen LogP contribution in [0.2, 0.25) is 0 Å². The van der Waals surface area contributed by atoms with E-state index in [9.17, 15) is 18.0 Å². The first-order valence-corrected chi connectivity index (χ1v) is 6.18. The Labute approximate surface area is 108 Å². The number of fused-ring (bicyclic) bond motifs is 1. The molecule has 0 saturated heterocycles. The molecule has 0 bridgehead atoms. The van der Waals surface area contributed by atoms with Crippen LogP contribution in [-0.2, 0) is 6.18 Å². The second kappa shape index (κ2) is 3.63. The van der Waals surface area contributed by atoms with Gasteiger partial charge in [0.2, 0.25) is 0 Å². The smallest absolute Gasteiger partial charge is 0.305 e. The molecule has 1 heterocycles. The SMILES string of the molecule is O=c1[nH]c2c(Br)cc(C(F)(F)F)cc2n1C1CC1. The van der Waals surface area contributed by atoms with E-state index in [-0.39, 0.29) is 16.2 Å². The van der Waals surface area contributed by atoms with Crippen LogP contribution in [0, 0.1) is 0 Å². The minimum absolute atomic E-state index is 0.0293. The van der Waals surface area contributed by atoms with Gasteiger partial charge < -0.3 is 4.98 Å². The number of H-pyrrole nitrogens is 1. The number of hydrogen-bond donors (Lipinski definition) is 1. The molecular formula is C11H8BrF3N2O. The highest BCUT2D eigenvalue weighted by molar-refractivity contribution is 9.10. The van der Waals surface area contributed by atoms with E-state index in [0.29, 0.717) is 11.0 Å². The number of nitrogens with zero attached hydrogens (tertiary/aromatic N) is 1. The first-order valence-electron chi connectivity index (χ1n) is 5.39. The molecule has 3 rings (SSSR count). The van der Waals surface area contributed by atoms with Crippen molar-refractivity contribution >= 4 is 27.0 Å². The third-order valence-electron chi connectivity index (χ3n) is 3.02. The van der Waals surface area contributed by atoms with Gasteiger partial charge in [0.25, 0.3) is 0 Å². The number of imidazole rings is 1. The van der Waals surface area contributed by atoms with Crippen molar-refractivity contribution in [2.45, 2.75) is 25.1 Å². The van der Waals surface area contributed by atoms with Gasteiger partial charge in [0.15, 0.2) is 0 Å². The van der Waals surface area contributed by atoms with Gasteiger partial charge in [0, 0.05) is 10.5 Å². The van der Waals surface area contributed by atoms with Gasteiger partial charge in [0.1, 0.15) is 0 Å². The van der Waals surface area contributed by atoms with E-state index in [2.05, 4.69) is 20.9 Å². The second-order valence-electron chi connectivity index (χ2n) is 4.38. The summed E-state index contributed by atoms with van der Waals surface area (Å²) in [7, 11) is 0. The molecule has 0 unspecified atom stereocenters. The molecule has 1 aliphatic carbocycles. The topological polar surface area (TPSA) is 37.8 Å². The first-order chi connectivity index (χ1) is 8.38. The maximum atomic E-state index is 12.7. The predicted octanol–water partition coefficient (Wildman–Crippen LogP) is 3.45. The van der Waals surface area contributed by atoms with Gasteiger partial charge in [-0.2, -0.15) is 13.2 Å². The van der Waals surface area contributed by atoms with Crippen LogP contribution < -0.4 is 5.69 Å². The molecule has 0 atom stereocenters. The summed E-state index contributed by atoms with van der Waals surface area (Å²) in [6.07, 6.45) is -2.75. The summed E-state index contributed by atoms with van der Waals surface area (Å²) < 4.78 is 39.9. The number of hydrogen-bond acceptors (Lipinski definition) is 1. The van der Waals surface area contributed by atoms with Crippen molar-refractivity contribution < 1.29 is 13.2 Å². The van der Waals surface area contributed by atoms with Crippen molar-refractivity contribution in [3.05, 3.63) is 32.7 Å². The summed E-state index contributed by atoms with van der Waals surface area (Å²) in [5.74, 6) is 0. The lowest BCUT2D eigenvalue weighted by molar-refractivity contribution is -0.137. The number of benzene rings is 1. The molecule has 7 heteroatoms. The van der Waals surface area contributed by atoms with Gasteiger partial charge in [-0.25, -0.2) is 4.79 Å². The fourth-order valence-electron chi connectivity index (χ4n) is 2.04. The van der Waals surface area contributed by atoms with E-state index < -0.39 is 11.7 Å². The van der Waals surface area contributed by atoms with E-state index in [1.165, 1.54) is 4.57 Å². The van der Waals surface area contributed by atoms with Gasteiger partial charge in [-0.15, -0.1) is 0 Å². The van der Waals surface area contributed by atoms with Crippen molar-refractivity contribution in [2.75, 3.05) is 0 Å². The zero-order chi connectivity index (χ0) is 13.1. The predicted molar refractivity (Wildman–Crippen MR) is 63.5 cm³/mol. The maximum Gasteiger partial charge on any atom is 0.416 e. The monoisotopic (exact) mass is 320 g/mol. The Morgan fingerprint density at radius 1 is 1.33 bits per heavy atom. The minimum atomic E-state index is -4.42. The molecule has 1 aliphatic rings. The Kier molecular flexibility index (Phi) is 2.38. The standard InChI is InChI=1S/C11H8BrF3N2O/c12-7-3-5(11(13,14)15)4-8-9(7)16-10(18)17(8)6-1-2-6/h3-4,6H,1-2H2,(H,16,18). The molecule has 1 saturated carbocycles. The molecule has 3 nitrogen and oxygen atoms in total. The maximum absolute atomic E-state index is 12.7. The molecule has 0 amide bonds. The van der Waals surface area contributed by atoms with Gasteiger partial charge in [0.05, 0.1) is 16.6 Å². The lowest BCUT2D eigenvalue weighted by Gasteiger charge is -2.08. The van der Waals surface area contributed by atoms with E-state index in [0.717, 1.165) is 25.0 Å². The third kappa shape index (κ3) is 1.77. The van der Waals surface area contributed by atoms with Gasteiger partial charge in [-0.3, -0.25) is 4.57 Å². The number of aromatic nitrogens is 2. The summed E-state index contributed by atoms with van der Waals surface area (Å²) in [5, 5.41) is 0. The summed E-state index contributed by atoms with van der Waals surface area (Å²) in [6, 6.07) is 2.04. The molecular weight excluding hydrogens is 313 g/mol. The summed E-state index contributed by atoms with van der Waals surface area (Å²) in [6.45, 7) is 0. The quantitative estimate of drug-likeness (QED) is 0.858. The fourth-order valence-corrected chi connectivity index (χ4v) is 2.59. The highest BCUT2D eigenvalue weighted by atomic mass is 79.9. The van der Waals surface area contributed by atoms with Crippen molar-refractivity contribution in [1.29, 1.82) is 0 Å². The van der Waals surface area contributed by atoms with Crippen molar-refractivity contribution in [2.24, 2.45) is 0 Å². The Morgan fingerprint density at radius 3 is 2.56 bits per heavy atom. The van der Waals surface area contributed by atoms with E-state index in [4.69, 9.17) is 0 Å². The lowest BCUT2D eigenvalue weighted by atomic mass is 10.2. The lowest BCUT2D eigenvalue weighted by Crippen LogP contribution is -2.15. The van der Waals surface area contributed by atoms with E-state index in [1.807, 2.05) is 0 Å². The van der Waals surface area contributed by atoms with Crippen LogP contribution in [0.25, 0.3) is 11.0 Å². The number of alkyl halides is 3. The Morgan fingerprint density at radius 2 is 2.00 bits per heavy atom. The summed E-state index contributed by atoms with van der Waals surface area (Å²) in [4.78, 5) is 14.3. The molecule has 1 N–H and O–H groups in total. The van der Waals surface area contributed by atoms with Crippen LogP contribution in [-0.4, -0.2) is 9.55 Å². The Hall–Kier alpha value is -1.24. The highest BCUT2D eigenvalue weighted by Gasteiger charge is 2.33. The molecule has 0 spiro atoms. The normalized spacial score (nSPS) is 16.4. The Bertz CT molecular complexity index is 682. The van der Waals surface area contributed by atoms with Crippen LogP contribution in [0.3, 0.4) is 0 Å². The highest BCUT2D eigenvalue weighted by Crippen LogP contribution is 2.39. The van der Waals surface area contributed by atoms with Gasteiger partial charge >= 0.3 is 11.9 Å². The van der Waals surface area contributed by atoms with Crippen LogP contribution in [0.5, 0.6) is 0 Å². The number of aromatic amines is 1. The molecule has 2 aromatic rings. The van der Waals surface area contributed by atoms with Crippen molar-refractivity contribution in [1.82, 2.24) is 9.55 Å². The average Bonchev–Trinajstić information content (AvgIpc) is 3.01. The van der Waals surface area contributed by atoms with E-state index >= 15 is 0 Å². The van der Waals surface area contributed by atoms with Gasteiger partial charge in [-0.05, 0) is 40.9 Å². The van der Waals surface area contributed by atoms with Gasteiger partial charge in [-0.1, -0.05) is 0 Å². The number of rotatable bonds is 1. The second-order valence-corrected chi connectivity index (χ2v) is 5.24. The van der Waals surface area contributed by atoms with Crippen LogP contribution in [0.1, 0.15) is 24.4 Å². The molecule has 1 aromatic carbocycles. The molecule has 0 aliphatic heterocycles. The molecule has 1 aromatic heterocycles. The first kappa shape index (κ1) is 11.8. The van der Waals surface area contributed by atoms with E-state index in [1.54, 1.807) is 0 Å². The van der Waals surface area contributed by atoms with Crippen LogP contribution >= 0.6 is 15.9 Å². The fraction of sp³-hybridized carbons (Fsp3) is 0.364. The Balaban J connectivity index is 2.34. The molecule has 1 fully saturated rings. The van der Waals surface area contributed by atoms with Crippen molar-refractivity contribution in [3.63, 3.8) is 0 Å². The molecule has 96 valence electrons. The third-order valence-corrected chi connectivity index (χ3v) is 3.64. The van der Waals surface area contributed by atoms with Crippen LogP contribution in [0.4, 0.5) is 13.2 Å².